The Morgan fingerprint density at radius 3 is 2.67 bits per heavy atom. The lowest BCUT2D eigenvalue weighted by Crippen LogP contribution is -2.50. The fraction of sp³-hybridized carbons (Fsp3) is 0.261. The normalized spacial score (nSPS) is 19.6. The molecule has 136 valence electrons. The standard InChI is InChI=1S/C23H22N2O2/c24-23(26)22(25-10-12-27-13-11-25)17-6-7-19-16(14-17)5-9-20-18-3-1-2-15(18)4-8-21(19)20/h1-6,8-9,14,22H,7,10-13H2,(H2,24,26). The number of carbonyl (C=O) groups is 1. The number of ether oxygens (including phenoxy) is 1. The Labute approximate surface area is 157 Å². The molecule has 1 fully saturated rings. The van der Waals surface area contributed by atoms with E-state index >= 15 is 0 Å². The first-order valence-electron chi connectivity index (χ1n) is 9.48. The number of hydrogen-bond donors (Lipinski definition) is 1. The maximum Gasteiger partial charge on any atom is 0.239 e. The molecule has 2 aromatic rings. The second-order valence-electron chi connectivity index (χ2n) is 7.33. The molecule has 2 aliphatic carbocycles. The number of nitrogens with two attached hydrogens (primary N) is 1. The van der Waals surface area contributed by atoms with Gasteiger partial charge < -0.3 is 10.5 Å². The van der Waals surface area contributed by atoms with Crippen LogP contribution in [0.1, 0.15) is 11.1 Å². The van der Waals surface area contributed by atoms with Crippen molar-refractivity contribution in [1.29, 1.82) is 0 Å². The predicted molar refractivity (Wildman–Crippen MR) is 108 cm³/mol. The Morgan fingerprint density at radius 2 is 1.85 bits per heavy atom. The van der Waals surface area contributed by atoms with Crippen molar-refractivity contribution in [2.24, 2.45) is 5.73 Å². The highest BCUT2D eigenvalue weighted by atomic mass is 16.5. The van der Waals surface area contributed by atoms with Crippen molar-refractivity contribution in [3.8, 4) is 0 Å². The zero-order valence-corrected chi connectivity index (χ0v) is 15.2. The Kier molecular flexibility index (Phi) is 3.96. The van der Waals surface area contributed by atoms with Gasteiger partial charge in [-0.3, -0.25) is 9.69 Å². The smallest absolute Gasteiger partial charge is 0.239 e. The number of primary amides is 1. The molecule has 1 amide bonds. The largest absolute Gasteiger partial charge is 0.379 e. The zero-order chi connectivity index (χ0) is 18.4. The van der Waals surface area contributed by atoms with E-state index in [0.717, 1.165) is 25.1 Å². The number of carbonyl (C=O) groups excluding carboxylic acids is 1. The average Bonchev–Trinajstić information content (AvgIpc) is 3.17. The molecule has 0 aromatic heterocycles. The average molecular weight is 358 g/mol. The molecule has 0 spiro atoms. The van der Waals surface area contributed by atoms with Crippen LogP contribution < -0.4 is 16.2 Å². The summed E-state index contributed by atoms with van der Waals surface area (Å²) in [5.41, 5.74) is 9.41. The molecule has 0 radical (unpaired) electrons. The van der Waals surface area contributed by atoms with Gasteiger partial charge in [-0.15, -0.1) is 0 Å². The van der Waals surface area contributed by atoms with Crippen LogP contribution in [0.3, 0.4) is 0 Å². The number of allylic oxidation sites excluding steroid dienone is 2. The van der Waals surface area contributed by atoms with Crippen molar-refractivity contribution < 1.29 is 9.53 Å². The number of nitrogens with zero attached hydrogens (tertiary/aromatic N) is 1. The minimum atomic E-state index is -0.379. The molecule has 1 saturated heterocycles. The van der Waals surface area contributed by atoms with E-state index in [4.69, 9.17) is 10.5 Å². The van der Waals surface area contributed by atoms with E-state index in [-0.39, 0.29) is 11.9 Å². The van der Waals surface area contributed by atoms with Crippen LogP contribution in [-0.2, 0) is 16.0 Å². The van der Waals surface area contributed by atoms with E-state index in [9.17, 15) is 4.79 Å². The van der Waals surface area contributed by atoms with Crippen LogP contribution in [-0.4, -0.2) is 43.2 Å². The van der Waals surface area contributed by atoms with E-state index < -0.39 is 0 Å². The number of fused-ring (bicyclic) bond motifs is 5. The fourth-order valence-electron chi connectivity index (χ4n) is 4.51. The van der Waals surface area contributed by atoms with Crippen LogP contribution >= 0.6 is 0 Å². The third kappa shape index (κ3) is 2.73. The first kappa shape index (κ1) is 16.5. The number of rotatable bonds is 3. The van der Waals surface area contributed by atoms with E-state index in [1.165, 1.54) is 32.3 Å². The van der Waals surface area contributed by atoms with Crippen molar-refractivity contribution >= 4 is 34.9 Å². The van der Waals surface area contributed by atoms with Crippen molar-refractivity contribution in [3.63, 3.8) is 0 Å². The Morgan fingerprint density at radius 1 is 1.07 bits per heavy atom. The monoisotopic (exact) mass is 358 g/mol. The topological polar surface area (TPSA) is 55.6 Å². The number of amides is 1. The van der Waals surface area contributed by atoms with Crippen molar-refractivity contribution in [1.82, 2.24) is 4.90 Å². The summed E-state index contributed by atoms with van der Waals surface area (Å²) in [6.45, 7) is 2.76. The number of benzene rings is 2. The van der Waals surface area contributed by atoms with Crippen molar-refractivity contribution in [3.05, 3.63) is 63.6 Å². The van der Waals surface area contributed by atoms with E-state index in [1.54, 1.807) is 0 Å². The molecule has 1 unspecified atom stereocenters. The quantitative estimate of drug-likeness (QED) is 0.894. The highest BCUT2D eigenvalue weighted by molar-refractivity contribution is 5.96. The molecule has 0 saturated carbocycles. The number of morpholine rings is 1. The maximum atomic E-state index is 12.2. The molecular formula is C23H22N2O2. The Balaban J connectivity index is 1.59. The minimum absolute atomic E-state index is 0.290. The summed E-state index contributed by atoms with van der Waals surface area (Å²) in [5, 5.41) is 5.05. The van der Waals surface area contributed by atoms with Crippen LogP contribution in [0.2, 0.25) is 0 Å². The highest BCUT2D eigenvalue weighted by Crippen LogP contribution is 2.25. The first-order valence-corrected chi connectivity index (χ1v) is 9.48. The lowest BCUT2D eigenvalue weighted by molar-refractivity contribution is -0.123. The molecule has 2 aromatic carbocycles. The summed E-state index contributed by atoms with van der Waals surface area (Å²) in [6.07, 6.45) is 11.6. The van der Waals surface area contributed by atoms with Crippen LogP contribution in [0.4, 0.5) is 0 Å². The van der Waals surface area contributed by atoms with E-state index in [0.29, 0.717) is 13.2 Å². The zero-order valence-electron chi connectivity index (χ0n) is 15.2. The lowest BCUT2D eigenvalue weighted by Gasteiger charge is -2.34. The molecule has 4 heteroatoms. The third-order valence-electron chi connectivity index (χ3n) is 5.82. The van der Waals surface area contributed by atoms with E-state index in [2.05, 4.69) is 59.5 Å². The van der Waals surface area contributed by atoms with Gasteiger partial charge in [0, 0.05) is 13.1 Å². The van der Waals surface area contributed by atoms with Gasteiger partial charge >= 0.3 is 0 Å². The highest BCUT2D eigenvalue weighted by Gasteiger charge is 2.29. The fourth-order valence-corrected chi connectivity index (χ4v) is 4.51. The van der Waals surface area contributed by atoms with Crippen LogP contribution in [0.5, 0.6) is 0 Å². The van der Waals surface area contributed by atoms with Gasteiger partial charge in [0.2, 0.25) is 5.91 Å². The maximum absolute atomic E-state index is 12.2. The third-order valence-corrected chi connectivity index (χ3v) is 5.82. The van der Waals surface area contributed by atoms with Gasteiger partial charge in [-0.1, -0.05) is 48.6 Å². The molecule has 4 nitrogen and oxygen atoms in total. The summed E-state index contributed by atoms with van der Waals surface area (Å²) in [5.74, 6) is -0.290. The van der Waals surface area contributed by atoms with Crippen LogP contribution in [0.15, 0.2) is 42.0 Å². The molecule has 0 bridgehead atoms. The molecule has 1 aliphatic heterocycles. The number of hydrogen-bond acceptors (Lipinski definition) is 3. The Hall–Kier alpha value is -2.69. The van der Waals surface area contributed by atoms with Gasteiger partial charge in [-0.25, -0.2) is 0 Å². The van der Waals surface area contributed by atoms with Gasteiger partial charge in [-0.2, -0.15) is 0 Å². The second-order valence-corrected chi connectivity index (χ2v) is 7.33. The van der Waals surface area contributed by atoms with Gasteiger partial charge in [-0.05, 0) is 50.4 Å². The van der Waals surface area contributed by atoms with Crippen molar-refractivity contribution in [2.45, 2.75) is 12.5 Å². The molecule has 3 aliphatic rings. The molecular weight excluding hydrogens is 336 g/mol. The minimum Gasteiger partial charge on any atom is -0.379 e. The lowest BCUT2D eigenvalue weighted by atomic mass is 9.89. The summed E-state index contributed by atoms with van der Waals surface area (Å²) in [7, 11) is 0. The second kappa shape index (κ2) is 6.48. The SMILES string of the molecule is NC(=O)C(C1=CCc2c(ccc3c4c(ccc23)=CC=C4)=C1)N1CCOCC1. The first-order chi connectivity index (χ1) is 13.2. The molecule has 5 rings (SSSR count). The van der Waals surface area contributed by atoms with Gasteiger partial charge in [0.1, 0.15) is 6.04 Å². The molecule has 2 N–H and O–H groups in total. The van der Waals surface area contributed by atoms with Gasteiger partial charge in [0.25, 0.3) is 0 Å². The predicted octanol–water partition coefficient (Wildman–Crippen LogP) is 1.10. The van der Waals surface area contributed by atoms with Crippen LogP contribution in [0.25, 0.3) is 29.0 Å². The molecule has 27 heavy (non-hydrogen) atoms. The Bertz CT molecular complexity index is 1120. The summed E-state index contributed by atoms with van der Waals surface area (Å²) < 4.78 is 5.43. The van der Waals surface area contributed by atoms with Gasteiger partial charge in [0.05, 0.1) is 13.2 Å². The van der Waals surface area contributed by atoms with Gasteiger partial charge in [0.15, 0.2) is 0 Å². The summed E-state index contributed by atoms with van der Waals surface area (Å²) in [6, 6.07) is 8.40. The van der Waals surface area contributed by atoms with Crippen LogP contribution in [0, 0.1) is 0 Å². The summed E-state index contributed by atoms with van der Waals surface area (Å²) >= 11 is 0. The van der Waals surface area contributed by atoms with Crippen molar-refractivity contribution in [2.75, 3.05) is 26.3 Å². The molecule has 1 atom stereocenters. The molecule has 1 heterocycles. The summed E-state index contributed by atoms with van der Waals surface area (Å²) in [4.78, 5) is 14.4. The van der Waals surface area contributed by atoms with E-state index in [1.807, 2.05) is 0 Å².